The van der Waals surface area contributed by atoms with Crippen LogP contribution >= 0.6 is 0 Å². The van der Waals surface area contributed by atoms with Crippen LogP contribution in [-0.4, -0.2) is 27.7 Å². The molecule has 2 aromatic carbocycles. The van der Waals surface area contributed by atoms with Crippen molar-refractivity contribution in [3.63, 3.8) is 0 Å². The minimum atomic E-state index is -3.35. The summed E-state index contributed by atoms with van der Waals surface area (Å²) in [4.78, 5) is 12.5. The number of hydrogen-bond acceptors (Lipinski definition) is 4. The molecule has 2 rings (SSSR count). The van der Waals surface area contributed by atoms with Crippen LogP contribution in [0.1, 0.15) is 27.0 Å². The molecule has 2 aromatic rings. The van der Waals surface area contributed by atoms with Gasteiger partial charge in [0, 0.05) is 25.5 Å². The summed E-state index contributed by atoms with van der Waals surface area (Å²) in [5.41, 5.74) is 3.08. The third kappa shape index (κ3) is 4.66. The smallest absolute Gasteiger partial charge is 0.251 e. The summed E-state index contributed by atoms with van der Waals surface area (Å²) in [7, 11) is -1.72. The summed E-state index contributed by atoms with van der Waals surface area (Å²) in [5.74, 6) is -0.296. The fourth-order valence-corrected chi connectivity index (χ4v) is 3.00. The molecule has 1 amide bonds. The van der Waals surface area contributed by atoms with Gasteiger partial charge in [0.1, 0.15) is 0 Å². The highest BCUT2D eigenvalue weighted by Crippen LogP contribution is 2.16. The minimum Gasteiger partial charge on any atom is -0.380 e. The largest absolute Gasteiger partial charge is 0.380 e. The van der Waals surface area contributed by atoms with E-state index in [9.17, 15) is 13.2 Å². The normalized spacial score (nSPS) is 11.3. The lowest BCUT2D eigenvalue weighted by Gasteiger charge is -2.10. The molecule has 0 bridgehead atoms. The Balaban J connectivity index is 2.14. The van der Waals surface area contributed by atoms with Crippen molar-refractivity contribution in [1.82, 2.24) is 5.32 Å². The van der Waals surface area contributed by atoms with Gasteiger partial charge in [0.15, 0.2) is 9.84 Å². The highest BCUT2D eigenvalue weighted by Gasteiger charge is 2.14. The van der Waals surface area contributed by atoms with Gasteiger partial charge < -0.3 is 10.1 Å². The number of carbonyl (C=O) groups excluding carboxylic acids is 1. The van der Waals surface area contributed by atoms with Crippen molar-refractivity contribution in [3.8, 4) is 0 Å². The van der Waals surface area contributed by atoms with Gasteiger partial charge in [0.2, 0.25) is 0 Å². The number of carbonyl (C=O) groups is 1. The average Bonchev–Trinajstić information content (AvgIpc) is 2.52. The van der Waals surface area contributed by atoms with Crippen LogP contribution in [0.4, 0.5) is 0 Å². The van der Waals surface area contributed by atoms with Crippen LogP contribution in [0.5, 0.6) is 0 Å². The predicted molar refractivity (Wildman–Crippen MR) is 92.6 cm³/mol. The number of methoxy groups -OCH3 is 1. The van der Waals surface area contributed by atoms with Crippen LogP contribution in [0, 0.1) is 6.92 Å². The summed E-state index contributed by atoms with van der Waals surface area (Å²) in [6, 6.07) is 12.3. The Hall–Kier alpha value is -2.18. The van der Waals surface area contributed by atoms with Crippen molar-refractivity contribution in [1.29, 1.82) is 0 Å². The van der Waals surface area contributed by atoms with E-state index in [1.807, 2.05) is 24.3 Å². The molecule has 6 heteroatoms. The average molecular weight is 347 g/mol. The Morgan fingerprint density at radius 3 is 2.50 bits per heavy atom. The number of sulfone groups is 1. The van der Waals surface area contributed by atoms with Gasteiger partial charge in [-0.1, -0.05) is 30.3 Å². The highest BCUT2D eigenvalue weighted by molar-refractivity contribution is 7.90. The number of nitrogens with one attached hydrogen (secondary N) is 1. The molecular weight excluding hydrogens is 326 g/mol. The number of aryl methyl sites for hydroxylation is 1. The quantitative estimate of drug-likeness (QED) is 0.871. The fourth-order valence-electron chi connectivity index (χ4n) is 2.35. The third-order valence-electron chi connectivity index (χ3n) is 3.64. The molecule has 0 saturated heterocycles. The summed E-state index contributed by atoms with van der Waals surface area (Å²) in [6.07, 6.45) is 1.13. The van der Waals surface area contributed by atoms with E-state index in [1.165, 1.54) is 12.1 Å². The molecule has 24 heavy (non-hydrogen) atoms. The molecule has 0 aliphatic rings. The van der Waals surface area contributed by atoms with Crippen LogP contribution in [0.15, 0.2) is 47.4 Å². The first-order valence-electron chi connectivity index (χ1n) is 7.47. The lowest BCUT2D eigenvalue weighted by atomic mass is 10.1. The van der Waals surface area contributed by atoms with Crippen molar-refractivity contribution in [2.45, 2.75) is 25.0 Å². The number of rotatable bonds is 6. The summed E-state index contributed by atoms with van der Waals surface area (Å²) in [6.45, 7) is 2.65. The number of amides is 1. The lowest BCUT2D eigenvalue weighted by Crippen LogP contribution is -2.24. The summed E-state index contributed by atoms with van der Waals surface area (Å²) >= 11 is 0. The van der Waals surface area contributed by atoms with Gasteiger partial charge in [0.05, 0.1) is 11.5 Å². The molecule has 0 radical (unpaired) electrons. The monoisotopic (exact) mass is 347 g/mol. The molecule has 5 nitrogen and oxygen atoms in total. The van der Waals surface area contributed by atoms with E-state index in [-0.39, 0.29) is 10.8 Å². The molecule has 0 atom stereocenters. The van der Waals surface area contributed by atoms with E-state index < -0.39 is 9.84 Å². The third-order valence-corrected chi connectivity index (χ3v) is 4.75. The SMILES string of the molecule is COCc1cccc(CNC(=O)c2cc(S(C)(=O)=O)ccc2C)c1. The molecule has 0 fully saturated rings. The topological polar surface area (TPSA) is 72.5 Å². The predicted octanol–water partition coefficient (Wildman–Crippen LogP) is 2.47. The van der Waals surface area contributed by atoms with Gasteiger partial charge in [-0.15, -0.1) is 0 Å². The maximum atomic E-state index is 12.4. The molecule has 0 unspecified atom stereocenters. The molecule has 0 aliphatic carbocycles. The Kier molecular flexibility index (Phi) is 5.75. The number of ether oxygens (including phenoxy) is 1. The van der Waals surface area contributed by atoms with Crippen molar-refractivity contribution in [2.24, 2.45) is 0 Å². The molecular formula is C18H21NO4S. The number of hydrogen-bond donors (Lipinski definition) is 1. The van der Waals surface area contributed by atoms with Crippen LogP contribution in [0.25, 0.3) is 0 Å². The van der Waals surface area contributed by atoms with Crippen molar-refractivity contribution >= 4 is 15.7 Å². The highest BCUT2D eigenvalue weighted by atomic mass is 32.2. The van der Waals surface area contributed by atoms with E-state index in [4.69, 9.17) is 4.74 Å². The zero-order valence-electron chi connectivity index (χ0n) is 14.0. The second kappa shape index (κ2) is 7.59. The second-order valence-electron chi connectivity index (χ2n) is 5.68. The van der Waals surface area contributed by atoms with Gasteiger partial charge >= 0.3 is 0 Å². The molecule has 1 N–H and O–H groups in total. The zero-order chi connectivity index (χ0) is 17.7. The molecule has 0 saturated carbocycles. The van der Waals surface area contributed by atoms with Crippen LogP contribution in [0.2, 0.25) is 0 Å². The molecule has 0 aliphatic heterocycles. The molecule has 0 spiro atoms. The maximum Gasteiger partial charge on any atom is 0.251 e. The van der Waals surface area contributed by atoms with Crippen molar-refractivity contribution in [3.05, 3.63) is 64.7 Å². The first-order chi connectivity index (χ1) is 11.3. The Labute approximate surface area is 142 Å². The summed E-state index contributed by atoms with van der Waals surface area (Å²) in [5, 5.41) is 2.83. The van der Waals surface area contributed by atoms with Crippen molar-refractivity contribution in [2.75, 3.05) is 13.4 Å². The number of benzene rings is 2. The first-order valence-corrected chi connectivity index (χ1v) is 9.36. The van der Waals surface area contributed by atoms with E-state index in [2.05, 4.69) is 5.32 Å². The van der Waals surface area contributed by atoms with E-state index in [1.54, 1.807) is 20.1 Å². The van der Waals surface area contributed by atoms with E-state index >= 15 is 0 Å². The molecule has 0 heterocycles. The van der Waals surface area contributed by atoms with E-state index in [0.29, 0.717) is 18.7 Å². The Bertz CT molecular complexity index is 844. The van der Waals surface area contributed by atoms with Crippen LogP contribution < -0.4 is 5.32 Å². The van der Waals surface area contributed by atoms with Gasteiger partial charge in [-0.05, 0) is 35.7 Å². The van der Waals surface area contributed by atoms with Gasteiger partial charge in [0.25, 0.3) is 5.91 Å². The zero-order valence-corrected chi connectivity index (χ0v) is 14.8. The summed E-state index contributed by atoms with van der Waals surface area (Å²) < 4.78 is 28.4. The Morgan fingerprint density at radius 2 is 1.83 bits per heavy atom. The van der Waals surface area contributed by atoms with Crippen molar-refractivity contribution < 1.29 is 17.9 Å². The maximum absolute atomic E-state index is 12.4. The fraction of sp³-hybridized carbons (Fsp3) is 0.278. The minimum absolute atomic E-state index is 0.139. The van der Waals surface area contributed by atoms with Gasteiger partial charge in [-0.25, -0.2) is 8.42 Å². The standard InChI is InChI=1S/C18H21NO4S/c1-13-7-8-16(24(3,21)22)10-17(13)18(20)19-11-14-5-4-6-15(9-14)12-23-2/h4-10H,11-12H2,1-3H3,(H,19,20). The molecule has 0 aromatic heterocycles. The Morgan fingerprint density at radius 1 is 1.12 bits per heavy atom. The first kappa shape index (κ1) is 18.2. The lowest BCUT2D eigenvalue weighted by molar-refractivity contribution is 0.0950. The van der Waals surface area contributed by atoms with E-state index in [0.717, 1.165) is 22.9 Å². The van der Waals surface area contributed by atoms with Gasteiger partial charge in [-0.2, -0.15) is 0 Å². The van der Waals surface area contributed by atoms with Crippen LogP contribution in [0.3, 0.4) is 0 Å². The van der Waals surface area contributed by atoms with Gasteiger partial charge in [-0.3, -0.25) is 4.79 Å². The van der Waals surface area contributed by atoms with Crippen LogP contribution in [-0.2, 0) is 27.7 Å². The second-order valence-corrected chi connectivity index (χ2v) is 7.70. The molecule has 128 valence electrons.